The van der Waals surface area contributed by atoms with Gasteiger partial charge in [0.25, 0.3) is 0 Å². The van der Waals surface area contributed by atoms with Gasteiger partial charge in [0.15, 0.2) is 0 Å². The molecule has 0 fully saturated rings. The van der Waals surface area contributed by atoms with E-state index in [4.69, 9.17) is 4.74 Å². The Balaban J connectivity index is 1.56. The first-order valence-electron chi connectivity index (χ1n) is 13.4. The van der Waals surface area contributed by atoms with Crippen molar-refractivity contribution in [3.63, 3.8) is 0 Å². The van der Waals surface area contributed by atoms with Crippen LogP contribution >= 0.6 is 0 Å². The largest absolute Gasteiger partial charge is 0.481 e. The summed E-state index contributed by atoms with van der Waals surface area (Å²) in [5.41, 5.74) is 5.89. The fourth-order valence-corrected chi connectivity index (χ4v) is 6.85. The Hall–Kier alpha value is -3.83. The van der Waals surface area contributed by atoms with Crippen molar-refractivity contribution in [2.24, 2.45) is 0 Å². The van der Waals surface area contributed by atoms with Crippen LogP contribution in [0.15, 0.2) is 53.6 Å². The summed E-state index contributed by atoms with van der Waals surface area (Å²) >= 11 is 0. The number of benzene rings is 2. The number of pyridine rings is 1. The number of aryl methyl sites for hydroxylation is 3. The number of fused-ring (bicyclic) bond motifs is 2. The number of ether oxygens (including phenoxy) is 1. The van der Waals surface area contributed by atoms with Crippen molar-refractivity contribution in [2.75, 3.05) is 6.54 Å². The highest BCUT2D eigenvalue weighted by Gasteiger charge is 2.35. The third-order valence-electron chi connectivity index (χ3n) is 7.65. The predicted octanol–water partition coefficient (Wildman–Crippen LogP) is 4.43. The third kappa shape index (κ3) is 5.06. The number of sulfonamides is 1. The van der Waals surface area contributed by atoms with Gasteiger partial charge >= 0.3 is 5.97 Å². The summed E-state index contributed by atoms with van der Waals surface area (Å²) < 4.78 is 36.6. The summed E-state index contributed by atoms with van der Waals surface area (Å²) in [7, 11) is -3.88. The first-order valence-corrected chi connectivity index (χ1v) is 14.8. The summed E-state index contributed by atoms with van der Waals surface area (Å²) in [4.78, 5) is 16.2. The van der Waals surface area contributed by atoms with E-state index in [1.54, 1.807) is 6.07 Å². The van der Waals surface area contributed by atoms with Crippen LogP contribution in [0, 0.1) is 13.8 Å². The Morgan fingerprint density at radius 2 is 1.98 bits per heavy atom. The minimum absolute atomic E-state index is 0.0487. The molecule has 210 valence electrons. The van der Waals surface area contributed by atoms with Crippen LogP contribution in [-0.2, 0) is 27.9 Å². The topological polar surface area (TPSA) is 128 Å². The Morgan fingerprint density at radius 3 is 2.70 bits per heavy atom. The molecule has 0 bridgehead atoms. The van der Waals surface area contributed by atoms with Gasteiger partial charge in [0.05, 0.1) is 18.5 Å². The van der Waals surface area contributed by atoms with Crippen molar-refractivity contribution in [1.29, 1.82) is 0 Å². The minimum Gasteiger partial charge on any atom is -0.481 e. The number of nitrogens with zero attached hydrogens (tertiary/aromatic N) is 5. The lowest BCUT2D eigenvalue weighted by molar-refractivity contribution is -0.137. The molecule has 40 heavy (non-hydrogen) atoms. The smallest absolute Gasteiger partial charge is 0.304 e. The third-order valence-corrected chi connectivity index (χ3v) is 9.48. The summed E-state index contributed by atoms with van der Waals surface area (Å²) in [6.07, 6.45) is 1.67. The average molecular weight is 564 g/mol. The first-order chi connectivity index (χ1) is 19.1. The second-order valence-corrected chi connectivity index (χ2v) is 12.0. The molecule has 4 aromatic rings. The van der Waals surface area contributed by atoms with Gasteiger partial charge in [-0.1, -0.05) is 36.4 Å². The predicted molar refractivity (Wildman–Crippen MR) is 150 cm³/mol. The van der Waals surface area contributed by atoms with Gasteiger partial charge in [-0.25, -0.2) is 18.1 Å². The molecule has 1 N–H and O–H groups in total. The number of hydrogen-bond acceptors (Lipinski definition) is 7. The Labute approximate surface area is 233 Å². The van der Waals surface area contributed by atoms with Crippen molar-refractivity contribution < 1.29 is 23.1 Å². The molecule has 0 aliphatic carbocycles. The number of rotatable bonds is 8. The highest BCUT2D eigenvalue weighted by Crippen LogP contribution is 2.36. The second kappa shape index (κ2) is 11.0. The molecule has 0 spiro atoms. The molecule has 2 aromatic heterocycles. The van der Waals surface area contributed by atoms with E-state index in [1.165, 1.54) is 16.6 Å². The van der Waals surface area contributed by atoms with Crippen LogP contribution in [-0.4, -0.2) is 56.4 Å². The highest BCUT2D eigenvalue weighted by atomic mass is 32.2. The van der Waals surface area contributed by atoms with E-state index in [0.717, 1.165) is 38.9 Å². The van der Waals surface area contributed by atoms with Crippen LogP contribution in [0.5, 0.6) is 5.88 Å². The van der Waals surface area contributed by atoms with Gasteiger partial charge in [-0.05, 0) is 73.2 Å². The first kappa shape index (κ1) is 27.7. The van der Waals surface area contributed by atoms with E-state index in [9.17, 15) is 18.3 Å². The fraction of sp³-hybridized carbons (Fsp3) is 0.379. The normalized spacial score (nSPS) is 17.6. The quantitative estimate of drug-likeness (QED) is 0.334. The Kier molecular flexibility index (Phi) is 7.61. The molecule has 0 unspecified atom stereocenters. The van der Waals surface area contributed by atoms with Crippen molar-refractivity contribution >= 4 is 27.0 Å². The van der Waals surface area contributed by atoms with Gasteiger partial charge < -0.3 is 9.84 Å². The average Bonchev–Trinajstić information content (AvgIpc) is 3.32. The van der Waals surface area contributed by atoms with Gasteiger partial charge in [0.2, 0.25) is 15.9 Å². The zero-order chi connectivity index (χ0) is 28.6. The molecule has 2 atom stereocenters. The van der Waals surface area contributed by atoms with Crippen LogP contribution in [0.25, 0.3) is 11.0 Å². The Morgan fingerprint density at radius 1 is 1.18 bits per heavy atom. The molecule has 0 radical (unpaired) electrons. The van der Waals surface area contributed by atoms with Crippen molar-refractivity contribution in [2.45, 2.75) is 70.5 Å². The second-order valence-electron chi connectivity index (χ2n) is 10.1. The number of hydrogen-bond donors (Lipinski definition) is 1. The van der Waals surface area contributed by atoms with Crippen molar-refractivity contribution in [1.82, 2.24) is 24.3 Å². The molecule has 0 saturated heterocycles. The van der Waals surface area contributed by atoms with Gasteiger partial charge in [-0.15, -0.1) is 5.10 Å². The number of carbonyl (C=O) groups is 1. The molecule has 2 aromatic carbocycles. The molecular formula is C29H33N5O5S. The Bertz CT molecular complexity index is 1680. The molecule has 3 heterocycles. The molecule has 1 aliphatic rings. The van der Waals surface area contributed by atoms with Crippen LogP contribution in [0.4, 0.5) is 0 Å². The summed E-state index contributed by atoms with van der Waals surface area (Å²) in [5, 5.41) is 18.4. The molecule has 5 rings (SSSR count). The summed E-state index contributed by atoms with van der Waals surface area (Å²) in [5.74, 6) is -1.26. The maximum Gasteiger partial charge on any atom is 0.304 e. The lowest BCUT2D eigenvalue weighted by Crippen LogP contribution is -2.36. The van der Waals surface area contributed by atoms with Gasteiger partial charge in [-0.2, -0.15) is 4.31 Å². The van der Waals surface area contributed by atoms with E-state index in [0.29, 0.717) is 13.0 Å². The monoisotopic (exact) mass is 563 g/mol. The highest BCUT2D eigenvalue weighted by molar-refractivity contribution is 7.89. The summed E-state index contributed by atoms with van der Waals surface area (Å²) in [6.45, 7) is 8.80. The molecule has 1 aliphatic heterocycles. The fourth-order valence-electron chi connectivity index (χ4n) is 5.33. The van der Waals surface area contributed by atoms with Gasteiger partial charge in [0.1, 0.15) is 16.5 Å². The maximum absolute atomic E-state index is 13.7. The number of aromatic nitrogens is 4. The molecule has 0 saturated carbocycles. The SMILES string of the molecule is CC[C@@H]1CN(Cc2cc([C@H](CC(=O)O)c3ccc4c(nnn4CC)c3C)ccc2C)S(=O)(=O)c2cccnc2O1. The molecule has 10 nitrogen and oxygen atoms in total. The molecular weight excluding hydrogens is 530 g/mol. The lowest BCUT2D eigenvalue weighted by Gasteiger charge is -2.24. The zero-order valence-corrected chi connectivity index (χ0v) is 23.9. The van der Waals surface area contributed by atoms with E-state index >= 15 is 0 Å². The zero-order valence-electron chi connectivity index (χ0n) is 23.0. The number of carboxylic acid groups (broad SMARTS) is 1. The van der Waals surface area contributed by atoms with E-state index in [2.05, 4.69) is 15.3 Å². The van der Waals surface area contributed by atoms with Crippen LogP contribution in [0.3, 0.4) is 0 Å². The van der Waals surface area contributed by atoms with Gasteiger partial charge in [0, 0.05) is 25.2 Å². The van der Waals surface area contributed by atoms with Crippen LogP contribution in [0.1, 0.15) is 60.4 Å². The lowest BCUT2D eigenvalue weighted by atomic mass is 9.84. The summed E-state index contributed by atoms with van der Waals surface area (Å²) in [6, 6.07) is 12.8. The van der Waals surface area contributed by atoms with E-state index in [-0.39, 0.29) is 36.4 Å². The van der Waals surface area contributed by atoms with E-state index < -0.39 is 21.9 Å². The number of aliphatic carboxylic acids is 1. The van der Waals surface area contributed by atoms with Gasteiger partial charge in [-0.3, -0.25) is 4.79 Å². The number of carboxylic acids is 1. The van der Waals surface area contributed by atoms with Crippen LogP contribution < -0.4 is 4.74 Å². The van der Waals surface area contributed by atoms with E-state index in [1.807, 2.05) is 62.7 Å². The molecule has 11 heteroatoms. The van der Waals surface area contributed by atoms with Crippen LogP contribution in [0.2, 0.25) is 0 Å². The standard InChI is InChI=1S/C29H33N5O5S/c1-5-22-17-33(40(37,38)26-8-7-13-30-29(26)39-22)16-21-14-20(10-9-18(21)3)24(15-27(35)36)23-11-12-25-28(19(23)4)31-32-34(25)6-2/h7-14,22,24H,5-6,15-17H2,1-4H3,(H,35,36)/t22-,24+/m1/s1. The minimum atomic E-state index is -3.88. The van der Waals surface area contributed by atoms with Crippen molar-refractivity contribution in [3.05, 3.63) is 76.5 Å². The maximum atomic E-state index is 13.7. The van der Waals surface area contributed by atoms with Crippen molar-refractivity contribution in [3.8, 4) is 5.88 Å². The molecule has 0 amide bonds.